The van der Waals surface area contributed by atoms with E-state index in [9.17, 15) is 14.4 Å². The lowest BCUT2D eigenvalue weighted by Gasteiger charge is -2.37. The Labute approximate surface area is 175 Å². The van der Waals surface area contributed by atoms with Crippen LogP contribution in [0.1, 0.15) is 35.1 Å². The highest BCUT2D eigenvalue weighted by molar-refractivity contribution is 6.39. The van der Waals surface area contributed by atoms with Gasteiger partial charge in [-0.05, 0) is 85.2 Å². The molecule has 1 fully saturated rings. The van der Waals surface area contributed by atoms with E-state index in [1.165, 1.54) is 16.8 Å². The molecule has 1 N–H and O–H groups in total. The SMILES string of the molecule is Cc1cccc(N2C(=O)NC(=O)/C(=C/c3cc4c5c(c3)CCCN5CCC4)C2=O)c1. The van der Waals surface area contributed by atoms with Gasteiger partial charge in [0.15, 0.2) is 0 Å². The second-order valence-corrected chi connectivity index (χ2v) is 8.18. The number of imide groups is 2. The third-order valence-electron chi connectivity index (χ3n) is 6.03. The number of urea groups is 1. The standard InChI is InChI=1S/C24H23N3O3/c1-15-5-2-8-19(11-15)27-23(29)20(22(28)25-24(27)30)14-16-12-17-6-3-9-26-10-4-7-18(13-16)21(17)26/h2,5,8,11-14H,3-4,6-7,9-10H2,1H3,(H,25,28,30)/b20-14-. The Bertz CT molecular complexity index is 1090. The summed E-state index contributed by atoms with van der Waals surface area (Å²) in [6, 6.07) is 10.6. The van der Waals surface area contributed by atoms with Crippen LogP contribution in [0, 0.1) is 6.92 Å². The van der Waals surface area contributed by atoms with E-state index in [4.69, 9.17) is 0 Å². The molecule has 6 heteroatoms. The first-order chi connectivity index (χ1) is 14.5. The summed E-state index contributed by atoms with van der Waals surface area (Å²) in [6.45, 7) is 4.07. The highest BCUT2D eigenvalue weighted by Crippen LogP contribution is 2.36. The van der Waals surface area contributed by atoms with Gasteiger partial charge in [0.25, 0.3) is 11.8 Å². The maximum absolute atomic E-state index is 13.1. The first-order valence-corrected chi connectivity index (χ1v) is 10.4. The van der Waals surface area contributed by atoms with Crippen molar-refractivity contribution in [1.82, 2.24) is 5.32 Å². The van der Waals surface area contributed by atoms with Crippen LogP contribution < -0.4 is 15.1 Å². The largest absolute Gasteiger partial charge is 0.371 e. The highest BCUT2D eigenvalue weighted by Gasteiger charge is 2.37. The van der Waals surface area contributed by atoms with Crippen molar-refractivity contribution in [1.29, 1.82) is 0 Å². The Morgan fingerprint density at radius 2 is 1.67 bits per heavy atom. The maximum atomic E-state index is 13.1. The predicted octanol–water partition coefficient (Wildman–Crippen LogP) is 3.36. The van der Waals surface area contributed by atoms with Crippen molar-refractivity contribution < 1.29 is 14.4 Å². The minimum Gasteiger partial charge on any atom is -0.371 e. The number of rotatable bonds is 2. The van der Waals surface area contributed by atoms with Crippen LogP contribution in [0.5, 0.6) is 0 Å². The number of amides is 4. The van der Waals surface area contributed by atoms with Gasteiger partial charge in [0.2, 0.25) is 0 Å². The molecule has 3 aliphatic heterocycles. The van der Waals surface area contributed by atoms with Crippen molar-refractivity contribution in [2.75, 3.05) is 22.9 Å². The molecule has 2 aromatic carbocycles. The van der Waals surface area contributed by atoms with Crippen LogP contribution in [0.25, 0.3) is 6.08 Å². The van der Waals surface area contributed by atoms with E-state index in [2.05, 4.69) is 22.3 Å². The van der Waals surface area contributed by atoms with Crippen LogP contribution in [0.15, 0.2) is 42.0 Å². The second kappa shape index (κ2) is 7.13. The third-order valence-corrected chi connectivity index (χ3v) is 6.03. The normalized spacial score (nSPS) is 19.8. The van der Waals surface area contributed by atoms with Crippen LogP contribution in [-0.4, -0.2) is 30.9 Å². The molecule has 0 atom stereocenters. The van der Waals surface area contributed by atoms with Gasteiger partial charge in [0.05, 0.1) is 5.69 Å². The number of nitrogens with zero attached hydrogens (tertiary/aromatic N) is 2. The Morgan fingerprint density at radius 3 is 2.33 bits per heavy atom. The highest BCUT2D eigenvalue weighted by atomic mass is 16.2. The van der Waals surface area contributed by atoms with Crippen molar-refractivity contribution in [2.45, 2.75) is 32.6 Å². The van der Waals surface area contributed by atoms with E-state index >= 15 is 0 Å². The molecular formula is C24H23N3O3. The molecule has 5 rings (SSSR count). The number of anilines is 2. The Balaban J connectivity index is 1.55. The van der Waals surface area contributed by atoms with Gasteiger partial charge in [0, 0.05) is 18.8 Å². The molecule has 30 heavy (non-hydrogen) atoms. The number of barbiturate groups is 1. The Hall–Kier alpha value is -3.41. The topological polar surface area (TPSA) is 69.7 Å². The quantitative estimate of drug-likeness (QED) is 0.619. The van der Waals surface area contributed by atoms with E-state index in [-0.39, 0.29) is 5.57 Å². The van der Waals surface area contributed by atoms with Crippen molar-refractivity contribution in [3.63, 3.8) is 0 Å². The van der Waals surface area contributed by atoms with Crippen LogP contribution in [-0.2, 0) is 22.4 Å². The molecule has 1 saturated heterocycles. The summed E-state index contributed by atoms with van der Waals surface area (Å²) in [6.07, 6.45) is 5.86. The first-order valence-electron chi connectivity index (χ1n) is 10.4. The van der Waals surface area contributed by atoms with Crippen LogP contribution in [0.2, 0.25) is 0 Å². The van der Waals surface area contributed by atoms with Crippen LogP contribution in [0.4, 0.5) is 16.2 Å². The molecule has 152 valence electrons. The summed E-state index contributed by atoms with van der Waals surface area (Å²) < 4.78 is 0. The fraction of sp³-hybridized carbons (Fsp3) is 0.292. The fourth-order valence-electron chi connectivity index (χ4n) is 4.74. The molecule has 2 aromatic rings. The number of hydrogen-bond acceptors (Lipinski definition) is 4. The average Bonchev–Trinajstić information content (AvgIpc) is 2.71. The third kappa shape index (κ3) is 3.09. The lowest BCUT2D eigenvalue weighted by Crippen LogP contribution is -2.54. The Kier molecular flexibility index (Phi) is 4.42. The van der Waals surface area contributed by atoms with E-state index in [1.54, 1.807) is 24.3 Å². The van der Waals surface area contributed by atoms with Crippen molar-refractivity contribution in [3.8, 4) is 0 Å². The minimum atomic E-state index is -0.719. The monoisotopic (exact) mass is 401 g/mol. The van der Waals surface area contributed by atoms with E-state index < -0.39 is 17.8 Å². The zero-order valence-electron chi connectivity index (χ0n) is 16.9. The van der Waals surface area contributed by atoms with Gasteiger partial charge < -0.3 is 4.90 Å². The zero-order valence-corrected chi connectivity index (χ0v) is 16.9. The summed E-state index contributed by atoms with van der Waals surface area (Å²) in [7, 11) is 0. The van der Waals surface area contributed by atoms with Crippen LogP contribution >= 0.6 is 0 Å². The number of aryl methyl sites for hydroxylation is 3. The van der Waals surface area contributed by atoms with E-state index in [1.807, 2.05) is 13.0 Å². The summed E-state index contributed by atoms with van der Waals surface area (Å²) in [4.78, 5) is 41.5. The summed E-state index contributed by atoms with van der Waals surface area (Å²) in [5.41, 5.74) is 6.09. The van der Waals surface area contributed by atoms with Gasteiger partial charge in [-0.15, -0.1) is 0 Å². The molecule has 4 amide bonds. The number of carbonyl (C=O) groups excluding carboxylic acids is 3. The molecule has 0 aliphatic carbocycles. The molecule has 3 heterocycles. The maximum Gasteiger partial charge on any atom is 0.335 e. The lowest BCUT2D eigenvalue weighted by molar-refractivity contribution is -0.122. The predicted molar refractivity (Wildman–Crippen MR) is 115 cm³/mol. The van der Waals surface area contributed by atoms with Crippen molar-refractivity contribution in [2.24, 2.45) is 0 Å². The molecule has 3 aliphatic rings. The molecular weight excluding hydrogens is 378 g/mol. The fourth-order valence-corrected chi connectivity index (χ4v) is 4.74. The Morgan fingerprint density at radius 1 is 0.967 bits per heavy atom. The molecule has 0 radical (unpaired) electrons. The van der Waals surface area contributed by atoms with Gasteiger partial charge in [-0.25, -0.2) is 9.69 Å². The average molecular weight is 401 g/mol. The van der Waals surface area contributed by atoms with Gasteiger partial charge in [0.1, 0.15) is 5.57 Å². The van der Waals surface area contributed by atoms with Gasteiger partial charge in [-0.3, -0.25) is 14.9 Å². The first kappa shape index (κ1) is 18.6. The van der Waals surface area contributed by atoms with E-state index in [0.717, 1.165) is 54.8 Å². The molecule has 0 aromatic heterocycles. The number of hydrogen-bond donors (Lipinski definition) is 1. The van der Waals surface area contributed by atoms with E-state index in [0.29, 0.717) is 5.69 Å². The number of benzene rings is 2. The van der Waals surface area contributed by atoms with Gasteiger partial charge >= 0.3 is 6.03 Å². The number of carbonyl (C=O) groups is 3. The van der Waals surface area contributed by atoms with Crippen molar-refractivity contribution in [3.05, 3.63) is 64.2 Å². The lowest BCUT2D eigenvalue weighted by atomic mass is 9.89. The summed E-state index contributed by atoms with van der Waals surface area (Å²) in [5, 5.41) is 2.31. The number of nitrogens with one attached hydrogen (secondary N) is 1. The van der Waals surface area contributed by atoms with Crippen LogP contribution in [0.3, 0.4) is 0 Å². The van der Waals surface area contributed by atoms with Gasteiger partial charge in [-0.1, -0.05) is 12.1 Å². The second-order valence-electron chi connectivity index (χ2n) is 8.18. The molecule has 0 unspecified atom stereocenters. The smallest absolute Gasteiger partial charge is 0.335 e. The van der Waals surface area contributed by atoms with Gasteiger partial charge in [-0.2, -0.15) is 0 Å². The van der Waals surface area contributed by atoms with Crippen molar-refractivity contribution >= 4 is 35.3 Å². The zero-order chi connectivity index (χ0) is 20.8. The molecule has 0 bridgehead atoms. The molecule has 0 saturated carbocycles. The summed E-state index contributed by atoms with van der Waals surface area (Å²) in [5.74, 6) is -1.25. The molecule has 6 nitrogen and oxygen atoms in total. The molecule has 0 spiro atoms. The minimum absolute atomic E-state index is 0.0215. The summed E-state index contributed by atoms with van der Waals surface area (Å²) >= 11 is 0.